The van der Waals surface area contributed by atoms with Crippen molar-refractivity contribution in [2.24, 2.45) is 0 Å². The fourth-order valence-electron chi connectivity index (χ4n) is 3.02. The molecule has 2 aromatic rings. The molecule has 0 N–H and O–H groups in total. The Labute approximate surface area is 164 Å². The number of likely N-dealkylation sites (N-methyl/N-ethyl adjacent to an activating group) is 1. The lowest BCUT2D eigenvalue weighted by molar-refractivity contribution is -0.147. The maximum absolute atomic E-state index is 12.5. The van der Waals surface area contributed by atoms with Crippen molar-refractivity contribution in [1.29, 1.82) is 0 Å². The molecule has 0 bridgehead atoms. The molecule has 1 heterocycles. The summed E-state index contributed by atoms with van der Waals surface area (Å²) in [6, 6.07) is 13.9. The zero-order chi connectivity index (χ0) is 20.3. The summed E-state index contributed by atoms with van der Waals surface area (Å²) in [5.74, 6) is -1.11. The summed E-state index contributed by atoms with van der Waals surface area (Å²) in [7, 11) is -2.51. The van der Waals surface area contributed by atoms with E-state index >= 15 is 0 Å². The van der Waals surface area contributed by atoms with E-state index in [9.17, 15) is 18.0 Å². The lowest BCUT2D eigenvalue weighted by atomic mass is 10.2. The topological polar surface area (TPSA) is 84.0 Å². The Balaban J connectivity index is 1.55. The Hall–Kier alpha value is -2.71. The van der Waals surface area contributed by atoms with Crippen LogP contribution in [0.15, 0.2) is 53.4 Å². The Bertz CT molecular complexity index is 986. The molecule has 8 heteroatoms. The molecule has 7 nitrogen and oxygen atoms in total. The van der Waals surface area contributed by atoms with Crippen molar-refractivity contribution < 1.29 is 22.7 Å². The summed E-state index contributed by atoms with van der Waals surface area (Å²) in [6.45, 7) is 1.50. The number of nitrogens with zero attached hydrogens (tertiary/aromatic N) is 2. The van der Waals surface area contributed by atoms with Crippen LogP contribution in [0.1, 0.15) is 11.1 Å². The number of hydrogen-bond acceptors (Lipinski definition) is 5. The van der Waals surface area contributed by atoms with Gasteiger partial charge in [0.05, 0.1) is 4.90 Å². The highest BCUT2D eigenvalue weighted by molar-refractivity contribution is 7.89. The highest BCUT2D eigenvalue weighted by atomic mass is 32.2. The van der Waals surface area contributed by atoms with Crippen LogP contribution in [0.5, 0.6) is 0 Å². The number of fused-ring (bicyclic) bond motifs is 1. The van der Waals surface area contributed by atoms with Gasteiger partial charge < -0.3 is 9.64 Å². The van der Waals surface area contributed by atoms with E-state index in [1.807, 2.05) is 31.2 Å². The maximum atomic E-state index is 12.5. The number of rotatable bonds is 6. The summed E-state index contributed by atoms with van der Waals surface area (Å²) in [6.07, 6.45) is 0.757. The molecular weight excluding hydrogens is 380 g/mol. The van der Waals surface area contributed by atoms with Crippen molar-refractivity contribution in [3.8, 4) is 0 Å². The van der Waals surface area contributed by atoms with Crippen molar-refractivity contribution in [2.45, 2.75) is 18.2 Å². The molecule has 0 spiro atoms. The standard InChI is InChI=1S/C20H22N2O5S/c1-15-7-9-17(10-8-15)28(25,26)21(2)13-20(24)27-14-19(23)22-12-11-16-5-3-4-6-18(16)22/h3-10H,11-14H2,1-2H3. The highest BCUT2D eigenvalue weighted by Gasteiger charge is 2.26. The molecule has 0 aromatic heterocycles. The Morgan fingerprint density at radius 3 is 2.50 bits per heavy atom. The van der Waals surface area contributed by atoms with Gasteiger partial charge in [0.1, 0.15) is 6.54 Å². The summed E-state index contributed by atoms with van der Waals surface area (Å²) < 4.78 is 30.9. The number of carbonyl (C=O) groups excluding carboxylic acids is 2. The van der Waals surface area contributed by atoms with Gasteiger partial charge in [-0.05, 0) is 37.1 Å². The van der Waals surface area contributed by atoms with E-state index in [1.54, 1.807) is 17.0 Å². The van der Waals surface area contributed by atoms with Crippen molar-refractivity contribution in [1.82, 2.24) is 4.31 Å². The first-order chi connectivity index (χ1) is 13.3. The van der Waals surface area contributed by atoms with E-state index in [2.05, 4.69) is 0 Å². The van der Waals surface area contributed by atoms with Crippen LogP contribution in [0, 0.1) is 6.92 Å². The van der Waals surface area contributed by atoms with Gasteiger partial charge in [-0.25, -0.2) is 8.42 Å². The second kappa shape index (κ2) is 8.12. The Morgan fingerprint density at radius 2 is 1.79 bits per heavy atom. The van der Waals surface area contributed by atoms with Crippen LogP contribution in [0.4, 0.5) is 5.69 Å². The molecule has 28 heavy (non-hydrogen) atoms. The van der Waals surface area contributed by atoms with E-state index in [0.29, 0.717) is 6.54 Å². The summed E-state index contributed by atoms with van der Waals surface area (Å²) in [4.78, 5) is 26.1. The second-order valence-corrected chi connectivity index (χ2v) is 8.70. The molecule has 0 radical (unpaired) electrons. The van der Waals surface area contributed by atoms with Gasteiger partial charge in [-0.2, -0.15) is 4.31 Å². The molecule has 0 atom stereocenters. The lowest BCUT2D eigenvalue weighted by Crippen LogP contribution is -2.36. The fraction of sp³-hybridized carbons (Fsp3) is 0.300. The number of ether oxygens (including phenoxy) is 1. The number of esters is 1. The summed E-state index contributed by atoms with van der Waals surface area (Å²) in [5.41, 5.74) is 2.83. The van der Waals surface area contributed by atoms with Gasteiger partial charge in [0.25, 0.3) is 5.91 Å². The van der Waals surface area contributed by atoms with E-state index in [-0.39, 0.29) is 10.8 Å². The van der Waals surface area contributed by atoms with Gasteiger partial charge in [0, 0.05) is 19.3 Å². The van der Waals surface area contributed by atoms with Gasteiger partial charge in [0.2, 0.25) is 10.0 Å². The molecular formula is C20H22N2O5S. The molecule has 0 fully saturated rings. The van der Waals surface area contributed by atoms with Crippen LogP contribution in [0.2, 0.25) is 0 Å². The third-order valence-corrected chi connectivity index (χ3v) is 6.44. The average Bonchev–Trinajstić information content (AvgIpc) is 3.10. The number of anilines is 1. The van der Waals surface area contributed by atoms with E-state index < -0.39 is 29.1 Å². The van der Waals surface area contributed by atoms with E-state index in [0.717, 1.165) is 27.5 Å². The van der Waals surface area contributed by atoms with Crippen molar-refractivity contribution in [3.05, 3.63) is 59.7 Å². The highest BCUT2D eigenvalue weighted by Crippen LogP contribution is 2.27. The normalized spacial score (nSPS) is 13.5. The molecule has 0 unspecified atom stereocenters. The number of carbonyl (C=O) groups is 2. The molecule has 0 saturated heterocycles. The molecule has 1 aliphatic rings. The average molecular weight is 402 g/mol. The van der Waals surface area contributed by atoms with Crippen LogP contribution < -0.4 is 4.90 Å². The van der Waals surface area contributed by atoms with Crippen molar-refractivity contribution in [2.75, 3.05) is 31.6 Å². The van der Waals surface area contributed by atoms with E-state index in [1.165, 1.54) is 19.2 Å². The smallest absolute Gasteiger partial charge is 0.321 e. The Kier molecular flexibility index (Phi) is 5.81. The summed E-state index contributed by atoms with van der Waals surface area (Å²) in [5, 5.41) is 0. The monoisotopic (exact) mass is 402 g/mol. The van der Waals surface area contributed by atoms with Crippen LogP contribution in [0.25, 0.3) is 0 Å². The predicted molar refractivity (Wildman–Crippen MR) is 104 cm³/mol. The molecule has 0 saturated carbocycles. The maximum Gasteiger partial charge on any atom is 0.321 e. The molecule has 1 aliphatic heterocycles. The van der Waals surface area contributed by atoms with Gasteiger partial charge >= 0.3 is 5.97 Å². The third-order valence-electron chi connectivity index (χ3n) is 4.63. The van der Waals surface area contributed by atoms with Crippen molar-refractivity contribution in [3.63, 3.8) is 0 Å². The molecule has 1 amide bonds. The number of benzene rings is 2. The molecule has 3 rings (SSSR count). The van der Waals surface area contributed by atoms with Crippen molar-refractivity contribution >= 4 is 27.6 Å². The minimum atomic E-state index is -3.81. The first-order valence-corrected chi connectivity index (χ1v) is 10.3. The fourth-order valence-corrected chi connectivity index (χ4v) is 4.14. The lowest BCUT2D eigenvalue weighted by Gasteiger charge is -2.19. The minimum absolute atomic E-state index is 0.0955. The first kappa shape index (κ1) is 20.0. The second-order valence-electron chi connectivity index (χ2n) is 6.66. The number of amides is 1. The number of aryl methyl sites for hydroxylation is 1. The van der Waals surface area contributed by atoms with Gasteiger partial charge in [-0.3, -0.25) is 9.59 Å². The minimum Gasteiger partial charge on any atom is -0.455 e. The van der Waals surface area contributed by atoms with Crippen LogP contribution in [0.3, 0.4) is 0 Å². The predicted octanol–water partition coefficient (Wildman–Crippen LogP) is 1.75. The summed E-state index contributed by atoms with van der Waals surface area (Å²) >= 11 is 0. The number of para-hydroxylation sites is 1. The van der Waals surface area contributed by atoms with Crippen LogP contribution in [-0.2, 0) is 30.8 Å². The molecule has 0 aliphatic carbocycles. The first-order valence-electron chi connectivity index (χ1n) is 8.86. The molecule has 2 aromatic carbocycles. The SMILES string of the molecule is Cc1ccc(S(=O)(=O)N(C)CC(=O)OCC(=O)N2CCc3ccccc32)cc1. The number of sulfonamides is 1. The molecule has 148 valence electrons. The largest absolute Gasteiger partial charge is 0.455 e. The third kappa shape index (κ3) is 4.23. The van der Waals surface area contributed by atoms with Crippen LogP contribution >= 0.6 is 0 Å². The Morgan fingerprint density at radius 1 is 1.11 bits per heavy atom. The van der Waals surface area contributed by atoms with Crippen LogP contribution in [-0.4, -0.2) is 51.3 Å². The number of hydrogen-bond donors (Lipinski definition) is 0. The van der Waals surface area contributed by atoms with E-state index in [4.69, 9.17) is 4.74 Å². The quantitative estimate of drug-likeness (QED) is 0.688. The zero-order valence-electron chi connectivity index (χ0n) is 15.8. The van der Waals surface area contributed by atoms with Gasteiger partial charge in [-0.1, -0.05) is 35.9 Å². The van der Waals surface area contributed by atoms with Gasteiger partial charge in [-0.15, -0.1) is 0 Å². The van der Waals surface area contributed by atoms with Gasteiger partial charge in [0.15, 0.2) is 6.61 Å². The zero-order valence-corrected chi connectivity index (χ0v) is 16.6.